The van der Waals surface area contributed by atoms with Crippen LogP contribution in [0.25, 0.3) is 0 Å². The van der Waals surface area contributed by atoms with E-state index in [2.05, 4.69) is 6.92 Å². The lowest BCUT2D eigenvalue weighted by atomic mass is 9.97. The smallest absolute Gasteiger partial charge is 0.306 e. The number of carbonyl (C=O) groups is 1. The Hall–Kier alpha value is -0.690. The number of aliphatic hydroxyl groups excluding tert-OH is 1. The molecule has 6 heteroatoms. The lowest BCUT2D eigenvalue weighted by Crippen LogP contribution is -2.32. The SMILES string of the molecule is CCCCCCCCCC[C@@H]1OC(C)(C)O[C@@H]1CC[C@@H](O)[C@@H]1CC[C@@H]([C@H]2CCC(=O)O2)O1. The molecule has 32 heavy (non-hydrogen) atoms. The Morgan fingerprint density at radius 1 is 0.906 bits per heavy atom. The Morgan fingerprint density at radius 2 is 1.56 bits per heavy atom. The molecule has 0 aromatic heterocycles. The summed E-state index contributed by atoms with van der Waals surface area (Å²) in [5.41, 5.74) is 0. The van der Waals surface area contributed by atoms with E-state index in [0.29, 0.717) is 12.8 Å². The van der Waals surface area contributed by atoms with Crippen molar-refractivity contribution in [3.05, 3.63) is 0 Å². The summed E-state index contributed by atoms with van der Waals surface area (Å²) in [5, 5.41) is 10.7. The monoisotopic (exact) mass is 454 g/mol. The molecule has 0 aromatic rings. The van der Waals surface area contributed by atoms with E-state index in [0.717, 1.165) is 32.1 Å². The van der Waals surface area contributed by atoms with Crippen LogP contribution in [0.2, 0.25) is 0 Å². The van der Waals surface area contributed by atoms with Crippen molar-refractivity contribution < 1.29 is 28.8 Å². The molecule has 0 aromatic carbocycles. The molecule has 6 atom stereocenters. The minimum atomic E-state index is -0.554. The summed E-state index contributed by atoms with van der Waals surface area (Å²) >= 11 is 0. The van der Waals surface area contributed by atoms with E-state index in [1.165, 1.54) is 51.4 Å². The second kappa shape index (κ2) is 12.7. The van der Waals surface area contributed by atoms with Crippen molar-refractivity contribution in [1.82, 2.24) is 0 Å². The van der Waals surface area contributed by atoms with Crippen molar-refractivity contribution in [3.63, 3.8) is 0 Å². The van der Waals surface area contributed by atoms with Crippen LogP contribution in [0.15, 0.2) is 0 Å². The van der Waals surface area contributed by atoms with Gasteiger partial charge in [-0.05, 0) is 52.4 Å². The molecule has 186 valence electrons. The van der Waals surface area contributed by atoms with Crippen molar-refractivity contribution in [2.45, 2.75) is 159 Å². The van der Waals surface area contributed by atoms with Crippen molar-refractivity contribution in [2.75, 3.05) is 0 Å². The molecule has 1 N–H and O–H groups in total. The van der Waals surface area contributed by atoms with Gasteiger partial charge in [-0.3, -0.25) is 4.79 Å². The zero-order valence-electron chi connectivity index (χ0n) is 20.6. The summed E-state index contributed by atoms with van der Waals surface area (Å²) < 4.78 is 23.8. The number of rotatable bonds is 14. The molecule has 0 bridgehead atoms. The molecule has 0 spiro atoms. The van der Waals surface area contributed by atoms with Gasteiger partial charge in [0.15, 0.2) is 5.79 Å². The van der Waals surface area contributed by atoms with Crippen molar-refractivity contribution in [1.29, 1.82) is 0 Å². The Labute approximate surface area is 194 Å². The second-order valence-electron chi connectivity index (χ2n) is 10.5. The first kappa shape index (κ1) is 25.9. The first-order valence-electron chi connectivity index (χ1n) is 13.3. The third-order valence-corrected chi connectivity index (χ3v) is 7.22. The van der Waals surface area contributed by atoms with Crippen LogP contribution in [0.3, 0.4) is 0 Å². The highest BCUT2D eigenvalue weighted by molar-refractivity contribution is 5.71. The van der Waals surface area contributed by atoms with Gasteiger partial charge in [0.1, 0.15) is 6.10 Å². The molecule has 0 unspecified atom stereocenters. The molecule has 3 fully saturated rings. The number of cyclic esters (lactones) is 1. The molecular weight excluding hydrogens is 408 g/mol. The van der Waals surface area contributed by atoms with Gasteiger partial charge in [-0.2, -0.15) is 0 Å². The van der Waals surface area contributed by atoms with Gasteiger partial charge in [-0.1, -0.05) is 58.3 Å². The zero-order chi connectivity index (χ0) is 23.0. The van der Waals surface area contributed by atoms with E-state index in [9.17, 15) is 9.90 Å². The van der Waals surface area contributed by atoms with E-state index >= 15 is 0 Å². The van der Waals surface area contributed by atoms with E-state index in [1.807, 2.05) is 13.8 Å². The maximum Gasteiger partial charge on any atom is 0.306 e. The highest BCUT2D eigenvalue weighted by Gasteiger charge is 2.42. The Balaban J connectivity index is 1.34. The van der Waals surface area contributed by atoms with Gasteiger partial charge in [-0.15, -0.1) is 0 Å². The maximum absolute atomic E-state index is 11.4. The average Bonchev–Trinajstić information content (AvgIpc) is 3.46. The largest absolute Gasteiger partial charge is 0.460 e. The van der Waals surface area contributed by atoms with Crippen molar-refractivity contribution >= 4 is 5.97 Å². The fourth-order valence-electron chi connectivity index (χ4n) is 5.45. The zero-order valence-corrected chi connectivity index (χ0v) is 20.6. The minimum Gasteiger partial charge on any atom is -0.460 e. The maximum atomic E-state index is 11.4. The lowest BCUT2D eigenvalue weighted by molar-refractivity contribution is -0.150. The number of ether oxygens (including phenoxy) is 4. The van der Waals surface area contributed by atoms with Gasteiger partial charge < -0.3 is 24.1 Å². The van der Waals surface area contributed by atoms with Gasteiger partial charge in [0.2, 0.25) is 0 Å². The van der Waals surface area contributed by atoms with E-state index in [4.69, 9.17) is 18.9 Å². The fraction of sp³-hybridized carbons (Fsp3) is 0.962. The fourth-order valence-corrected chi connectivity index (χ4v) is 5.45. The number of hydrogen-bond acceptors (Lipinski definition) is 6. The summed E-state index contributed by atoms with van der Waals surface area (Å²) in [6.45, 7) is 6.22. The van der Waals surface area contributed by atoms with Crippen LogP contribution in [0.1, 0.15) is 117 Å². The van der Waals surface area contributed by atoms with Crippen LogP contribution in [-0.2, 0) is 23.7 Å². The first-order chi connectivity index (χ1) is 15.4. The standard InChI is InChI=1S/C26H46O6/c1-4-5-6-7-8-9-10-11-12-23-24(32-26(2,3)31-23)14-13-19(27)20-15-16-21(29-20)22-17-18-25(28)30-22/h19-24,27H,4-18H2,1-3H3/t19-,20+,21+,22-,23+,24-/m1/s1. The van der Waals surface area contributed by atoms with Gasteiger partial charge in [0.25, 0.3) is 0 Å². The number of hydrogen-bond donors (Lipinski definition) is 1. The molecule has 6 nitrogen and oxygen atoms in total. The Bertz CT molecular complexity index is 565. The Morgan fingerprint density at radius 3 is 2.22 bits per heavy atom. The lowest BCUT2D eigenvalue weighted by Gasteiger charge is -2.23. The molecule has 3 aliphatic rings. The summed E-state index contributed by atoms with van der Waals surface area (Å²) in [4.78, 5) is 11.4. The molecular formula is C26H46O6. The van der Waals surface area contributed by atoms with Crippen LogP contribution < -0.4 is 0 Å². The van der Waals surface area contributed by atoms with Crippen LogP contribution in [0.5, 0.6) is 0 Å². The van der Waals surface area contributed by atoms with Gasteiger partial charge in [0, 0.05) is 6.42 Å². The predicted molar refractivity (Wildman–Crippen MR) is 123 cm³/mol. The number of aliphatic hydroxyl groups is 1. The quantitative estimate of drug-likeness (QED) is 0.279. The van der Waals surface area contributed by atoms with E-state index < -0.39 is 11.9 Å². The van der Waals surface area contributed by atoms with Gasteiger partial charge in [-0.25, -0.2) is 0 Å². The molecule has 3 heterocycles. The molecule has 0 aliphatic carbocycles. The molecule has 3 aliphatic heterocycles. The number of carbonyl (C=O) groups excluding carboxylic acids is 1. The number of esters is 1. The molecule has 0 saturated carbocycles. The molecule has 3 saturated heterocycles. The highest BCUT2D eigenvalue weighted by Crippen LogP contribution is 2.35. The Kier molecular flexibility index (Phi) is 10.3. The molecule has 3 rings (SSSR count). The van der Waals surface area contributed by atoms with Crippen LogP contribution in [0.4, 0.5) is 0 Å². The van der Waals surface area contributed by atoms with Crippen LogP contribution in [0, 0.1) is 0 Å². The highest BCUT2D eigenvalue weighted by atomic mass is 16.7. The van der Waals surface area contributed by atoms with Crippen LogP contribution >= 0.6 is 0 Å². The minimum absolute atomic E-state index is 0.0252. The van der Waals surface area contributed by atoms with E-state index in [1.54, 1.807) is 0 Å². The summed E-state index contributed by atoms with van der Waals surface area (Å²) in [6, 6.07) is 0. The van der Waals surface area contributed by atoms with Crippen LogP contribution in [-0.4, -0.2) is 53.5 Å². The van der Waals surface area contributed by atoms with Gasteiger partial charge in [0.05, 0.1) is 30.5 Å². The normalized spacial score (nSPS) is 33.0. The first-order valence-corrected chi connectivity index (χ1v) is 13.3. The van der Waals surface area contributed by atoms with Crippen molar-refractivity contribution in [3.8, 4) is 0 Å². The third-order valence-electron chi connectivity index (χ3n) is 7.22. The van der Waals surface area contributed by atoms with Gasteiger partial charge >= 0.3 is 5.97 Å². The van der Waals surface area contributed by atoms with Crippen molar-refractivity contribution in [2.24, 2.45) is 0 Å². The molecule has 0 amide bonds. The summed E-state index contributed by atoms with van der Waals surface area (Å²) in [7, 11) is 0. The predicted octanol–water partition coefficient (Wildman–Crippen LogP) is 5.43. The third kappa shape index (κ3) is 7.96. The molecule has 0 radical (unpaired) electrons. The number of unbranched alkanes of at least 4 members (excludes halogenated alkanes) is 7. The average molecular weight is 455 g/mol. The van der Waals surface area contributed by atoms with E-state index in [-0.39, 0.29) is 36.5 Å². The topological polar surface area (TPSA) is 74.2 Å². The summed E-state index contributed by atoms with van der Waals surface area (Å²) in [6.07, 6.45) is 15.0. The summed E-state index contributed by atoms with van der Waals surface area (Å²) in [5.74, 6) is -0.687. The second-order valence-corrected chi connectivity index (χ2v) is 10.5.